The molecule has 0 fully saturated rings. The predicted octanol–water partition coefficient (Wildman–Crippen LogP) is 2.56. The van der Waals surface area contributed by atoms with Gasteiger partial charge in [0.1, 0.15) is 5.76 Å². The minimum absolute atomic E-state index is 0.0846. The Hall–Kier alpha value is -2.54. The molecule has 0 bridgehead atoms. The third-order valence-electron chi connectivity index (χ3n) is 2.85. The van der Waals surface area contributed by atoms with Crippen molar-refractivity contribution >= 4 is 12.0 Å². The Labute approximate surface area is 123 Å². The fourth-order valence-electron chi connectivity index (χ4n) is 1.77. The van der Waals surface area contributed by atoms with Crippen molar-refractivity contribution in [2.45, 2.75) is 6.04 Å². The highest BCUT2D eigenvalue weighted by atomic mass is 19.2. The first-order valence-electron chi connectivity index (χ1n) is 6.28. The van der Waals surface area contributed by atoms with Crippen LogP contribution >= 0.6 is 0 Å². The molecule has 1 heterocycles. The number of aliphatic hydroxyl groups is 1. The Balaban J connectivity index is 2.10. The number of hydrogen-bond donors (Lipinski definition) is 2. The van der Waals surface area contributed by atoms with E-state index in [2.05, 4.69) is 5.32 Å². The highest BCUT2D eigenvalue weighted by Gasteiger charge is 2.18. The van der Waals surface area contributed by atoms with Gasteiger partial charge in [0.25, 0.3) is 0 Å². The molecule has 1 amide bonds. The Morgan fingerprint density at radius 3 is 2.55 bits per heavy atom. The summed E-state index contributed by atoms with van der Waals surface area (Å²) in [6, 6.07) is 3.63. The first-order chi connectivity index (χ1) is 10.5. The number of amides is 1. The maximum Gasteiger partial charge on any atom is 0.244 e. The van der Waals surface area contributed by atoms with Crippen molar-refractivity contribution < 1.29 is 27.5 Å². The van der Waals surface area contributed by atoms with E-state index in [1.54, 1.807) is 12.1 Å². The standard InChI is InChI=1S/C15H12F3NO3/c16-11-6-9(7-12(17)15(11)18)13(8-20)19-14(21)4-3-10-2-1-5-22-10/h1-7,13,20H,8H2,(H,19,21)/b4-3+. The molecule has 4 nitrogen and oxygen atoms in total. The summed E-state index contributed by atoms with van der Waals surface area (Å²) in [5.74, 6) is -4.57. The van der Waals surface area contributed by atoms with Crippen LogP contribution in [0.4, 0.5) is 13.2 Å². The second-order valence-electron chi connectivity index (χ2n) is 4.39. The molecule has 2 aromatic rings. The first-order valence-corrected chi connectivity index (χ1v) is 6.28. The molecule has 2 N–H and O–H groups in total. The van der Waals surface area contributed by atoms with Crippen LogP contribution in [-0.4, -0.2) is 17.6 Å². The predicted molar refractivity (Wildman–Crippen MR) is 72.0 cm³/mol. The van der Waals surface area contributed by atoms with Crippen molar-refractivity contribution in [1.29, 1.82) is 0 Å². The first kappa shape index (κ1) is 15.8. The summed E-state index contributed by atoms with van der Waals surface area (Å²) in [7, 11) is 0. The van der Waals surface area contributed by atoms with Gasteiger partial charge in [0, 0.05) is 6.08 Å². The van der Waals surface area contributed by atoms with Gasteiger partial charge in [-0.25, -0.2) is 13.2 Å². The Kier molecular flexibility index (Phi) is 5.00. The molecule has 0 radical (unpaired) electrons. The van der Waals surface area contributed by atoms with Crippen LogP contribution in [-0.2, 0) is 4.79 Å². The van der Waals surface area contributed by atoms with Crippen LogP contribution in [0.15, 0.2) is 41.0 Å². The number of hydrogen-bond acceptors (Lipinski definition) is 3. The smallest absolute Gasteiger partial charge is 0.244 e. The SMILES string of the molecule is O=C(/C=C/c1ccco1)NC(CO)c1cc(F)c(F)c(F)c1. The molecule has 1 aromatic carbocycles. The molecule has 116 valence electrons. The molecule has 2 rings (SSSR count). The van der Waals surface area contributed by atoms with Gasteiger partial charge in [0.2, 0.25) is 5.91 Å². The lowest BCUT2D eigenvalue weighted by Crippen LogP contribution is -2.29. The minimum Gasteiger partial charge on any atom is -0.465 e. The summed E-state index contributed by atoms with van der Waals surface area (Å²) in [6.45, 7) is -0.606. The number of carbonyl (C=O) groups is 1. The fraction of sp³-hybridized carbons (Fsp3) is 0.133. The van der Waals surface area contributed by atoms with Gasteiger partial charge in [0.15, 0.2) is 17.5 Å². The van der Waals surface area contributed by atoms with Gasteiger partial charge in [-0.3, -0.25) is 4.79 Å². The van der Waals surface area contributed by atoms with Crippen LogP contribution in [0.5, 0.6) is 0 Å². The van der Waals surface area contributed by atoms with Crippen molar-refractivity contribution in [2.24, 2.45) is 0 Å². The van der Waals surface area contributed by atoms with Gasteiger partial charge in [-0.15, -0.1) is 0 Å². The van der Waals surface area contributed by atoms with Crippen LogP contribution in [0.3, 0.4) is 0 Å². The molecule has 0 aliphatic rings. The van der Waals surface area contributed by atoms with Crippen molar-refractivity contribution in [3.63, 3.8) is 0 Å². The van der Waals surface area contributed by atoms with Crippen LogP contribution < -0.4 is 5.32 Å². The summed E-state index contributed by atoms with van der Waals surface area (Å²) in [4.78, 5) is 11.7. The van der Waals surface area contributed by atoms with Crippen LogP contribution in [0.25, 0.3) is 6.08 Å². The van der Waals surface area contributed by atoms with Crippen molar-refractivity contribution in [3.05, 3.63) is 65.4 Å². The number of carbonyl (C=O) groups excluding carboxylic acids is 1. The number of rotatable bonds is 5. The average molecular weight is 311 g/mol. The number of benzene rings is 1. The quantitative estimate of drug-likeness (QED) is 0.659. The molecular weight excluding hydrogens is 299 g/mol. The minimum atomic E-state index is -1.61. The van der Waals surface area contributed by atoms with Gasteiger partial charge in [-0.1, -0.05) is 0 Å². The van der Waals surface area contributed by atoms with Gasteiger partial charge in [-0.05, 0) is 35.9 Å². The Morgan fingerprint density at radius 2 is 2.00 bits per heavy atom. The van der Waals surface area contributed by atoms with Crippen molar-refractivity contribution in [3.8, 4) is 0 Å². The molecule has 0 saturated carbocycles. The summed E-state index contributed by atoms with van der Waals surface area (Å²) in [6.07, 6.45) is 3.95. The normalized spacial score (nSPS) is 12.5. The molecule has 1 unspecified atom stereocenters. The van der Waals surface area contributed by atoms with E-state index in [-0.39, 0.29) is 5.56 Å². The number of nitrogens with one attached hydrogen (secondary N) is 1. The lowest BCUT2D eigenvalue weighted by atomic mass is 10.1. The van der Waals surface area contributed by atoms with Crippen LogP contribution in [0, 0.1) is 17.5 Å². The Morgan fingerprint density at radius 1 is 1.32 bits per heavy atom. The lowest BCUT2D eigenvalue weighted by molar-refractivity contribution is -0.117. The maximum absolute atomic E-state index is 13.2. The summed E-state index contributed by atoms with van der Waals surface area (Å²) in [5.41, 5.74) is -0.0846. The van der Waals surface area contributed by atoms with E-state index in [1.807, 2.05) is 0 Å². The zero-order valence-electron chi connectivity index (χ0n) is 11.2. The molecule has 0 aliphatic carbocycles. The zero-order valence-corrected chi connectivity index (χ0v) is 11.2. The molecule has 0 spiro atoms. The van der Waals surface area contributed by atoms with E-state index in [4.69, 9.17) is 4.42 Å². The third kappa shape index (κ3) is 3.76. The largest absolute Gasteiger partial charge is 0.465 e. The maximum atomic E-state index is 13.2. The van der Waals surface area contributed by atoms with Crippen molar-refractivity contribution in [2.75, 3.05) is 6.61 Å². The highest BCUT2D eigenvalue weighted by Crippen LogP contribution is 2.19. The molecule has 1 aromatic heterocycles. The summed E-state index contributed by atoms with van der Waals surface area (Å²) in [5, 5.41) is 11.6. The van der Waals surface area contributed by atoms with E-state index in [0.29, 0.717) is 5.76 Å². The Bertz CT molecular complexity index is 660. The van der Waals surface area contributed by atoms with E-state index in [9.17, 15) is 23.1 Å². The van der Waals surface area contributed by atoms with Gasteiger partial charge in [-0.2, -0.15) is 0 Å². The average Bonchev–Trinajstić information content (AvgIpc) is 3.01. The molecular formula is C15H12F3NO3. The monoisotopic (exact) mass is 311 g/mol. The molecule has 0 aliphatic heterocycles. The van der Waals surface area contributed by atoms with Crippen LogP contribution in [0.2, 0.25) is 0 Å². The van der Waals surface area contributed by atoms with Gasteiger partial charge < -0.3 is 14.8 Å². The molecule has 22 heavy (non-hydrogen) atoms. The van der Waals surface area contributed by atoms with E-state index in [0.717, 1.165) is 18.2 Å². The third-order valence-corrected chi connectivity index (χ3v) is 2.85. The van der Waals surface area contributed by atoms with Gasteiger partial charge in [0.05, 0.1) is 18.9 Å². The summed E-state index contributed by atoms with van der Waals surface area (Å²) < 4.78 is 44.2. The number of furan rings is 1. The zero-order chi connectivity index (χ0) is 16.1. The van der Waals surface area contributed by atoms with Crippen LogP contribution in [0.1, 0.15) is 17.4 Å². The number of aliphatic hydroxyl groups excluding tert-OH is 1. The summed E-state index contributed by atoms with van der Waals surface area (Å²) >= 11 is 0. The number of halogens is 3. The van der Waals surface area contributed by atoms with E-state index >= 15 is 0 Å². The molecule has 0 saturated heterocycles. The van der Waals surface area contributed by atoms with E-state index in [1.165, 1.54) is 12.3 Å². The van der Waals surface area contributed by atoms with Gasteiger partial charge >= 0.3 is 0 Å². The topological polar surface area (TPSA) is 62.5 Å². The molecule has 7 heteroatoms. The highest BCUT2D eigenvalue weighted by molar-refractivity contribution is 5.91. The second-order valence-corrected chi connectivity index (χ2v) is 4.39. The fourth-order valence-corrected chi connectivity index (χ4v) is 1.77. The van der Waals surface area contributed by atoms with Crippen molar-refractivity contribution in [1.82, 2.24) is 5.32 Å². The van der Waals surface area contributed by atoms with E-state index < -0.39 is 36.0 Å². The lowest BCUT2D eigenvalue weighted by Gasteiger charge is -2.16. The second kappa shape index (κ2) is 6.95. The molecule has 1 atom stereocenters.